The maximum absolute atomic E-state index is 13.7. The number of carbonyl (C=O) groups excluding carboxylic acids is 2. The van der Waals surface area contributed by atoms with Crippen molar-refractivity contribution in [1.29, 1.82) is 0 Å². The largest absolute Gasteiger partial charge is 0.488 e. The van der Waals surface area contributed by atoms with Gasteiger partial charge < -0.3 is 34.4 Å². The summed E-state index contributed by atoms with van der Waals surface area (Å²) in [5.74, 6) is 0.310. The molecule has 2 atom stereocenters. The molecule has 238 valence electrons. The second-order valence-corrected chi connectivity index (χ2v) is 12.9. The molecule has 10 nitrogen and oxygen atoms in total. The van der Waals surface area contributed by atoms with E-state index in [0.717, 1.165) is 0 Å². The Balaban J connectivity index is 1.26. The highest BCUT2D eigenvalue weighted by Gasteiger charge is 2.31. The van der Waals surface area contributed by atoms with Crippen LogP contribution in [0.4, 0.5) is 19.7 Å². The van der Waals surface area contributed by atoms with Crippen molar-refractivity contribution in [2.24, 2.45) is 0 Å². The molecule has 2 fully saturated rings. The maximum atomic E-state index is 13.7. The highest BCUT2D eigenvalue weighted by molar-refractivity contribution is 9.10. The summed E-state index contributed by atoms with van der Waals surface area (Å²) in [5, 5.41) is 12.2. The van der Waals surface area contributed by atoms with Gasteiger partial charge in [0, 0.05) is 42.7 Å². The molecule has 0 bridgehead atoms. The first-order valence-electron chi connectivity index (χ1n) is 14.6. The second kappa shape index (κ2) is 13.4. The van der Waals surface area contributed by atoms with Crippen LogP contribution in [0.3, 0.4) is 0 Å². The number of amides is 3. The molecule has 2 aliphatic rings. The van der Waals surface area contributed by atoms with E-state index in [9.17, 15) is 23.9 Å². The highest BCUT2D eigenvalue weighted by Crippen LogP contribution is 2.35. The number of ether oxygens (including phenoxy) is 3. The summed E-state index contributed by atoms with van der Waals surface area (Å²) in [4.78, 5) is 39.9. The SMILES string of the molecule is CC(C)(C)OC(=O)N1CCC(Oc2ccc(C(=O)Nc3ccc(OC4CCN(C(=O)O)C4)c(-c4ccc(F)cc4)c3)cc2Br)C1. The molecule has 0 spiro atoms. The maximum Gasteiger partial charge on any atom is 0.410 e. The Hall–Kier alpha value is -4.32. The summed E-state index contributed by atoms with van der Waals surface area (Å²) in [6.45, 7) is 7.03. The summed E-state index contributed by atoms with van der Waals surface area (Å²) < 4.78 is 32.0. The van der Waals surface area contributed by atoms with E-state index >= 15 is 0 Å². The lowest BCUT2D eigenvalue weighted by Crippen LogP contribution is -2.36. The van der Waals surface area contributed by atoms with Crippen LogP contribution in [0.25, 0.3) is 11.1 Å². The number of likely N-dealkylation sites (tertiary alicyclic amines) is 2. The average molecular weight is 685 g/mol. The van der Waals surface area contributed by atoms with Gasteiger partial charge in [-0.3, -0.25) is 4.79 Å². The van der Waals surface area contributed by atoms with Crippen LogP contribution in [0.1, 0.15) is 44.0 Å². The van der Waals surface area contributed by atoms with Crippen molar-refractivity contribution in [2.75, 3.05) is 31.5 Å². The first-order valence-corrected chi connectivity index (χ1v) is 15.4. The van der Waals surface area contributed by atoms with Gasteiger partial charge in [-0.2, -0.15) is 0 Å². The molecule has 3 amide bonds. The molecule has 0 aliphatic carbocycles. The number of halogens is 2. The first kappa shape index (κ1) is 32.1. The van der Waals surface area contributed by atoms with Crippen LogP contribution in [0, 0.1) is 5.82 Å². The van der Waals surface area contributed by atoms with E-state index in [1.807, 2.05) is 20.8 Å². The first-order chi connectivity index (χ1) is 21.3. The third kappa shape index (κ3) is 8.24. The Bertz CT molecular complexity index is 1580. The van der Waals surface area contributed by atoms with Gasteiger partial charge in [-0.1, -0.05) is 12.1 Å². The number of hydrogen-bond acceptors (Lipinski definition) is 6. The third-order valence-corrected chi connectivity index (χ3v) is 8.01. The fraction of sp³-hybridized carbons (Fsp3) is 0.364. The molecule has 3 aromatic carbocycles. The number of carboxylic acid groups (broad SMARTS) is 1. The van der Waals surface area contributed by atoms with Crippen LogP contribution in [-0.4, -0.2) is 77.0 Å². The Morgan fingerprint density at radius 3 is 2.13 bits per heavy atom. The lowest BCUT2D eigenvalue weighted by Gasteiger charge is -2.24. The second-order valence-electron chi connectivity index (χ2n) is 12.0. The molecular formula is C33H35BrFN3O7. The van der Waals surface area contributed by atoms with Crippen LogP contribution in [-0.2, 0) is 4.74 Å². The Morgan fingerprint density at radius 2 is 1.51 bits per heavy atom. The summed E-state index contributed by atoms with van der Waals surface area (Å²) in [7, 11) is 0. The van der Waals surface area contributed by atoms with E-state index in [4.69, 9.17) is 14.2 Å². The van der Waals surface area contributed by atoms with E-state index < -0.39 is 11.7 Å². The van der Waals surface area contributed by atoms with E-state index in [2.05, 4.69) is 21.2 Å². The molecule has 2 saturated heterocycles. The fourth-order valence-electron chi connectivity index (χ4n) is 5.18. The summed E-state index contributed by atoms with van der Waals surface area (Å²) in [6, 6.07) is 16.1. The number of rotatable bonds is 7. The molecule has 0 radical (unpaired) electrons. The number of nitrogens with zero attached hydrogens (tertiary/aromatic N) is 2. The predicted octanol–water partition coefficient (Wildman–Crippen LogP) is 7.03. The molecule has 0 aromatic heterocycles. The number of hydrogen-bond donors (Lipinski definition) is 2. The van der Waals surface area contributed by atoms with Crippen molar-refractivity contribution in [3.05, 3.63) is 76.5 Å². The lowest BCUT2D eigenvalue weighted by molar-refractivity contribution is 0.0275. The lowest BCUT2D eigenvalue weighted by atomic mass is 10.0. The average Bonchev–Trinajstić information content (AvgIpc) is 3.65. The number of benzene rings is 3. The molecule has 45 heavy (non-hydrogen) atoms. The van der Waals surface area contributed by atoms with E-state index in [-0.39, 0.29) is 36.6 Å². The zero-order valence-corrected chi connectivity index (χ0v) is 26.8. The molecule has 2 unspecified atom stereocenters. The van der Waals surface area contributed by atoms with Crippen molar-refractivity contribution in [1.82, 2.24) is 9.80 Å². The minimum Gasteiger partial charge on any atom is -0.488 e. The van der Waals surface area contributed by atoms with Gasteiger partial charge in [0.15, 0.2) is 0 Å². The van der Waals surface area contributed by atoms with Gasteiger partial charge in [-0.15, -0.1) is 0 Å². The van der Waals surface area contributed by atoms with Gasteiger partial charge in [0.05, 0.1) is 17.6 Å². The van der Waals surface area contributed by atoms with Gasteiger partial charge in [0.25, 0.3) is 5.91 Å². The van der Waals surface area contributed by atoms with Crippen LogP contribution in [0.5, 0.6) is 11.5 Å². The van der Waals surface area contributed by atoms with Crippen LogP contribution >= 0.6 is 15.9 Å². The van der Waals surface area contributed by atoms with Crippen molar-refractivity contribution in [3.8, 4) is 22.6 Å². The van der Waals surface area contributed by atoms with Crippen LogP contribution in [0.15, 0.2) is 65.1 Å². The zero-order valence-electron chi connectivity index (χ0n) is 25.2. The number of carbonyl (C=O) groups is 3. The zero-order chi connectivity index (χ0) is 32.3. The van der Waals surface area contributed by atoms with E-state index in [0.29, 0.717) is 70.8 Å². The minimum absolute atomic E-state index is 0.212. The van der Waals surface area contributed by atoms with Crippen LogP contribution < -0.4 is 14.8 Å². The van der Waals surface area contributed by atoms with Crippen molar-refractivity contribution >= 4 is 39.7 Å². The van der Waals surface area contributed by atoms with Gasteiger partial charge in [-0.05, 0) is 90.8 Å². The molecule has 5 rings (SSSR count). The van der Waals surface area contributed by atoms with E-state index in [1.165, 1.54) is 17.0 Å². The summed E-state index contributed by atoms with van der Waals surface area (Å²) in [6.07, 6.45) is -0.704. The molecule has 0 saturated carbocycles. The van der Waals surface area contributed by atoms with Gasteiger partial charge in [-0.25, -0.2) is 14.0 Å². The fourth-order valence-corrected chi connectivity index (χ4v) is 5.65. The molecule has 3 aromatic rings. The van der Waals surface area contributed by atoms with E-state index in [1.54, 1.807) is 53.4 Å². The summed E-state index contributed by atoms with van der Waals surface area (Å²) >= 11 is 3.51. The Kier molecular flexibility index (Phi) is 9.52. The summed E-state index contributed by atoms with van der Waals surface area (Å²) in [5.41, 5.74) is 1.62. The Labute approximate surface area is 269 Å². The van der Waals surface area contributed by atoms with Gasteiger partial charge >= 0.3 is 12.2 Å². The minimum atomic E-state index is -0.993. The van der Waals surface area contributed by atoms with Crippen molar-refractivity contribution in [3.63, 3.8) is 0 Å². The smallest absolute Gasteiger partial charge is 0.410 e. The van der Waals surface area contributed by atoms with Crippen molar-refractivity contribution < 1.29 is 38.1 Å². The monoisotopic (exact) mass is 683 g/mol. The molecule has 2 N–H and O–H groups in total. The molecule has 2 aliphatic heterocycles. The molecule has 12 heteroatoms. The number of nitrogens with one attached hydrogen (secondary N) is 1. The van der Waals surface area contributed by atoms with Gasteiger partial charge in [0.2, 0.25) is 0 Å². The molecular weight excluding hydrogens is 649 g/mol. The topological polar surface area (TPSA) is 118 Å². The standard InChI is InChI=1S/C33H35BrFN3O7/c1-33(2,3)45-32(42)38-15-13-25(19-38)44-29-10-6-21(16-27(29)34)30(39)36-23-9-11-28(43-24-12-14-37(18-24)31(40)41)26(17-23)20-4-7-22(35)8-5-20/h4-11,16-17,24-25H,12-15,18-19H2,1-3H3,(H,36,39)(H,40,41). The normalized spacial score (nSPS) is 18.1. The molecule has 2 heterocycles. The number of anilines is 1. The predicted molar refractivity (Wildman–Crippen MR) is 169 cm³/mol. The van der Waals surface area contributed by atoms with Crippen LogP contribution in [0.2, 0.25) is 0 Å². The van der Waals surface area contributed by atoms with Crippen molar-refractivity contribution in [2.45, 2.75) is 51.4 Å². The van der Waals surface area contributed by atoms with Gasteiger partial charge in [0.1, 0.15) is 35.1 Å². The Morgan fingerprint density at radius 1 is 0.889 bits per heavy atom. The highest BCUT2D eigenvalue weighted by atomic mass is 79.9. The quantitative estimate of drug-likeness (QED) is 0.275. The third-order valence-electron chi connectivity index (χ3n) is 7.39.